The number of hydrogen-bond donors (Lipinski definition) is 3. The monoisotopic (exact) mass is 294 g/mol. The number of alkyl carbamates (subject to hydrolysis) is 1. The Hall–Kier alpha value is -1.85. The zero-order valence-electron chi connectivity index (χ0n) is 13.1. The molecule has 1 saturated heterocycles. The van der Waals surface area contributed by atoms with Crippen LogP contribution in [0.2, 0.25) is 0 Å². The summed E-state index contributed by atoms with van der Waals surface area (Å²) in [5, 5.41) is 6.04. The number of amides is 1. The molecule has 0 radical (unpaired) electrons. The summed E-state index contributed by atoms with van der Waals surface area (Å²) in [5.74, 6) is 0. The maximum Gasteiger partial charge on any atom is 0.407 e. The molecule has 118 valence electrons. The third-order valence-electron chi connectivity index (χ3n) is 3.52. The van der Waals surface area contributed by atoms with E-state index in [4.69, 9.17) is 10.5 Å². The largest absolute Gasteiger partial charge is 0.444 e. The minimum atomic E-state index is -0.454. The second-order valence-electron chi connectivity index (χ2n) is 6.50. The number of carbonyl (C=O) groups is 1. The summed E-state index contributed by atoms with van der Waals surface area (Å²) in [4.78, 5) is 14.0. The van der Waals surface area contributed by atoms with Crippen LogP contribution in [0.25, 0.3) is 0 Å². The summed E-state index contributed by atoms with van der Waals surface area (Å²) in [6.45, 7) is 8.20. The first-order valence-corrected chi connectivity index (χ1v) is 7.49. The second kappa shape index (κ2) is 6.28. The maximum absolute atomic E-state index is 11.8. The van der Waals surface area contributed by atoms with Crippen molar-refractivity contribution in [2.24, 2.45) is 5.73 Å². The Morgan fingerprint density at radius 3 is 2.67 bits per heavy atom. The molecule has 1 fully saturated rings. The molecule has 2 aliphatic heterocycles. The van der Waals surface area contributed by atoms with Crippen LogP contribution in [0, 0.1) is 0 Å². The summed E-state index contributed by atoms with van der Waals surface area (Å²) in [6.07, 6.45) is 5.42. The van der Waals surface area contributed by atoms with Crippen molar-refractivity contribution in [1.29, 1.82) is 0 Å². The zero-order chi connectivity index (χ0) is 15.5. The van der Waals surface area contributed by atoms with E-state index in [1.165, 1.54) is 0 Å². The molecule has 0 aromatic heterocycles. The molecule has 2 aliphatic rings. The van der Waals surface area contributed by atoms with Gasteiger partial charge in [0.15, 0.2) is 0 Å². The molecule has 0 spiro atoms. The minimum Gasteiger partial charge on any atom is -0.444 e. The lowest BCUT2D eigenvalue weighted by atomic mass is 10.0. The van der Waals surface area contributed by atoms with Crippen LogP contribution in [0.4, 0.5) is 4.79 Å². The minimum absolute atomic E-state index is 0.170. The normalized spacial score (nSPS) is 20.2. The van der Waals surface area contributed by atoms with Crippen LogP contribution >= 0.6 is 0 Å². The topological polar surface area (TPSA) is 79.6 Å². The van der Waals surface area contributed by atoms with E-state index >= 15 is 0 Å². The van der Waals surface area contributed by atoms with Crippen molar-refractivity contribution in [1.82, 2.24) is 15.5 Å². The molecular weight excluding hydrogens is 268 g/mol. The van der Waals surface area contributed by atoms with Crippen molar-refractivity contribution in [3.05, 3.63) is 23.7 Å². The smallest absolute Gasteiger partial charge is 0.407 e. The van der Waals surface area contributed by atoms with Gasteiger partial charge in [-0.15, -0.1) is 0 Å². The van der Waals surface area contributed by atoms with Gasteiger partial charge >= 0.3 is 6.09 Å². The highest BCUT2D eigenvalue weighted by atomic mass is 16.6. The number of hydrogen-bond acceptors (Lipinski definition) is 5. The highest BCUT2D eigenvalue weighted by Crippen LogP contribution is 2.20. The predicted octanol–water partition coefficient (Wildman–Crippen LogP) is 1.26. The van der Waals surface area contributed by atoms with Gasteiger partial charge in [0.2, 0.25) is 0 Å². The summed E-state index contributed by atoms with van der Waals surface area (Å²) in [5.41, 5.74) is 7.42. The Labute approximate surface area is 126 Å². The molecule has 0 aliphatic carbocycles. The quantitative estimate of drug-likeness (QED) is 0.714. The molecule has 0 atom stereocenters. The summed E-state index contributed by atoms with van der Waals surface area (Å²) >= 11 is 0. The first-order valence-electron chi connectivity index (χ1n) is 7.49. The van der Waals surface area contributed by atoms with Gasteiger partial charge in [-0.2, -0.15) is 0 Å². The Morgan fingerprint density at radius 1 is 1.43 bits per heavy atom. The summed E-state index contributed by atoms with van der Waals surface area (Å²) < 4.78 is 5.29. The van der Waals surface area contributed by atoms with Crippen molar-refractivity contribution in [2.75, 3.05) is 19.6 Å². The molecular formula is C15H26N4O2. The number of likely N-dealkylation sites (tertiary alicyclic amines) is 1. The van der Waals surface area contributed by atoms with Crippen LogP contribution in [0.3, 0.4) is 0 Å². The lowest BCUT2D eigenvalue weighted by Gasteiger charge is -2.36. The van der Waals surface area contributed by atoms with E-state index in [2.05, 4.69) is 21.6 Å². The SMILES string of the molecule is CC(C)(C)OC(=O)NC1CCN(C2=CCNC=C2N)CC1. The standard InChI is InChI=1S/C15H26N4O2/c1-15(2,3)21-14(20)18-11-5-8-19(9-6-11)13-4-7-17-10-12(13)16/h4,10-11,17H,5-9,16H2,1-3H3,(H,18,20). The van der Waals surface area contributed by atoms with Gasteiger partial charge in [0.05, 0.1) is 11.4 Å². The van der Waals surface area contributed by atoms with E-state index in [-0.39, 0.29) is 12.1 Å². The zero-order valence-corrected chi connectivity index (χ0v) is 13.1. The molecule has 6 heteroatoms. The van der Waals surface area contributed by atoms with Crippen LogP contribution in [0.5, 0.6) is 0 Å². The molecule has 4 N–H and O–H groups in total. The maximum atomic E-state index is 11.8. The van der Waals surface area contributed by atoms with Gasteiger partial charge < -0.3 is 26.0 Å². The molecule has 2 heterocycles. The summed E-state index contributed by atoms with van der Waals surface area (Å²) in [6, 6.07) is 0.170. The number of rotatable bonds is 2. The van der Waals surface area contributed by atoms with Crippen molar-refractivity contribution in [2.45, 2.75) is 45.3 Å². The van der Waals surface area contributed by atoms with Gasteiger partial charge in [-0.3, -0.25) is 0 Å². The van der Waals surface area contributed by atoms with Crippen molar-refractivity contribution in [3.63, 3.8) is 0 Å². The Balaban J connectivity index is 1.80. The van der Waals surface area contributed by atoms with E-state index < -0.39 is 5.60 Å². The number of nitrogens with zero attached hydrogens (tertiary/aromatic N) is 1. The predicted molar refractivity (Wildman–Crippen MR) is 82.3 cm³/mol. The van der Waals surface area contributed by atoms with Crippen molar-refractivity contribution >= 4 is 6.09 Å². The summed E-state index contributed by atoms with van der Waals surface area (Å²) in [7, 11) is 0. The fourth-order valence-electron chi connectivity index (χ4n) is 2.57. The fourth-order valence-corrected chi connectivity index (χ4v) is 2.57. The average Bonchev–Trinajstić information content (AvgIpc) is 2.38. The van der Waals surface area contributed by atoms with Crippen LogP contribution < -0.4 is 16.4 Å². The molecule has 0 aromatic rings. The van der Waals surface area contributed by atoms with E-state index in [0.717, 1.165) is 43.9 Å². The Kier molecular flexibility index (Phi) is 4.65. The van der Waals surface area contributed by atoms with Gasteiger partial charge in [0.1, 0.15) is 5.60 Å². The molecule has 0 saturated carbocycles. The Morgan fingerprint density at radius 2 is 2.10 bits per heavy atom. The van der Waals surface area contributed by atoms with Gasteiger partial charge in [-0.05, 0) is 39.7 Å². The number of piperidine rings is 1. The van der Waals surface area contributed by atoms with Crippen LogP contribution in [0.1, 0.15) is 33.6 Å². The first kappa shape index (κ1) is 15.5. The Bertz CT molecular complexity index is 443. The van der Waals surface area contributed by atoms with E-state index in [9.17, 15) is 4.79 Å². The molecule has 0 aromatic carbocycles. The molecule has 1 amide bonds. The molecule has 2 rings (SSSR count). The molecule has 21 heavy (non-hydrogen) atoms. The van der Waals surface area contributed by atoms with Gasteiger partial charge in [-0.25, -0.2) is 4.79 Å². The van der Waals surface area contributed by atoms with E-state index in [1.54, 1.807) is 0 Å². The molecule has 6 nitrogen and oxygen atoms in total. The van der Waals surface area contributed by atoms with Crippen molar-refractivity contribution < 1.29 is 9.53 Å². The number of nitrogens with one attached hydrogen (secondary N) is 2. The van der Waals surface area contributed by atoms with Crippen molar-refractivity contribution in [3.8, 4) is 0 Å². The lowest BCUT2D eigenvalue weighted by molar-refractivity contribution is 0.0484. The average molecular weight is 294 g/mol. The third-order valence-corrected chi connectivity index (χ3v) is 3.52. The lowest BCUT2D eigenvalue weighted by Crippen LogP contribution is -2.46. The van der Waals surface area contributed by atoms with Crippen LogP contribution in [-0.4, -0.2) is 42.3 Å². The van der Waals surface area contributed by atoms with Crippen LogP contribution in [0.15, 0.2) is 23.7 Å². The highest BCUT2D eigenvalue weighted by molar-refractivity contribution is 5.68. The van der Waals surface area contributed by atoms with Gasteiger partial charge in [0, 0.05) is 31.9 Å². The number of nitrogens with two attached hydrogens (primary N) is 1. The fraction of sp³-hybridized carbons (Fsp3) is 0.667. The van der Waals surface area contributed by atoms with E-state index in [1.807, 2.05) is 27.0 Å². The van der Waals surface area contributed by atoms with Crippen LogP contribution in [-0.2, 0) is 4.74 Å². The van der Waals surface area contributed by atoms with Gasteiger partial charge in [0.25, 0.3) is 0 Å². The molecule has 0 bridgehead atoms. The number of carbonyl (C=O) groups excluding carboxylic acids is 1. The van der Waals surface area contributed by atoms with Gasteiger partial charge in [-0.1, -0.05) is 0 Å². The highest BCUT2D eigenvalue weighted by Gasteiger charge is 2.25. The van der Waals surface area contributed by atoms with E-state index in [0.29, 0.717) is 0 Å². The number of dihydropyridines is 1. The third kappa shape index (κ3) is 4.58. The number of ether oxygens (including phenoxy) is 1. The second-order valence-corrected chi connectivity index (χ2v) is 6.50. The molecule has 0 unspecified atom stereocenters. The first-order chi connectivity index (χ1) is 9.85.